The fourth-order valence-corrected chi connectivity index (χ4v) is 4.28. The average Bonchev–Trinajstić information content (AvgIpc) is 3.38. The first kappa shape index (κ1) is 25.5. The second kappa shape index (κ2) is 10.2. The fourth-order valence-electron chi connectivity index (χ4n) is 3.34. The molecule has 2 heterocycles. The summed E-state index contributed by atoms with van der Waals surface area (Å²) < 4.78 is 79.5. The van der Waals surface area contributed by atoms with Crippen molar-refractivity contribution in [3.05, 3.63) is 78.4 Å². The first-order valence-corrected chi connectivity index (χ1v) is 11.9. The third-order valence-electron chi connectivity index (χ3n) is 5.09. The van der Waals surface area contributed by atoms with Crippen LogP contribution < -0.4 is 19.7 Å². The Kier molecular flexibility index (Phi) is 7.02. The number of pyridine rings is 1. The van der Waals surface area contributed by atoms with Crippen molar-refractivity contribution in [1.29, 1.82) is 0 Å². The van der Waals surface area contributed by atoms with E-state index in [2.05, 4.69) is 24.7 Å². The molecule has 10 nitrogen and oxygen atoms in total. The quantitative estimate of drug-likeness (QED) is 0.360. The van der Waals surface area contributed by atoms with Gasteiger partial charge in [-0.15, -0.1) is 0 Å². The van der Waals surface area contributed by atoms with Crippen molar-refractivity contribution in [2.24, 2.45) is 0 Å². The van der Waals surface area contributed by atoms with Crippen LogP contribution in [0.5, 0.6) is 5.75 Å². The Balaban J connectivity index is 1.75. The monoisotopic (exact) mass is 533 g/mol. The van der Waals surface area contributed by atoms with E-state index in [0.717, 1.165) is 29.3 Å². The molecule has 4 aromatic rings. The van der Waals surface area contributed by atoms with Gasteiger partial charge in [0.2, 0.25) is 0 Å². The molecule has 0 unspecified atom stereocenters. The van der Waals surface area contributed by atoms with E-state index in [-0.39, 0.29) is 39.1 Å². The predicted molar refractivity (Wildman–Crippen MR) is 126 cm³/mol. The summed E-state index contributed by atoms with van der Waals surface area (Å²) in [6.07, 6.45) is 2.18. The van der Waals surface area contributed by atoms with E-state index < -0.39 is 33.5 Å². The number of carbonyl (C=O) groups is 1. The number of amides is 2. The van der Waals surface area contributed by atoms with Crippen LogP contribution in [0.25, 0.3) is 11.1 Å². The zero-order chi connectivity index (χ0) is 26.7. The molecule has 14 heteroatoms. The van der Waals surface area contributed by atoms with E-state index in [1.54, 1.807) is 0 Å². The summed E-state index contributed by atoms with van der Waals surface area (Å²) in [6, 6.07) is 8.03. The second-order valence-electron chi connectivity index (χ2n) is 7.37. The highest BCUT2D eigenvalue weighted by Gasteiger charge is 2.26. The zero-order valence-corrected chi connectivity index (χ0v) is 20.0. The first-order chi connectivity index (χ1) is 17.6. The van der Waals surface area contributed by atoms with Gasteiger partial charge < -0.3 is 14.6 Å². The maximum absolute atomic E-state index is 15.2. The number of anilines is 3. The highest BCUT2D eigenvalue weighted by Crippen LogP contribution is 2.39. The molecule has 0 radical (unpaired) electrons. The molecule has 0 spiro atoms. The number of rotatable bonds is 7. The molecule has 2 N–H and O–H groups in total. The van der Waals surface area contributed by atoms with E-state index in [1.165, 1.54) is 50.8 Å². The molecule has 0 saturated heterocycles. The third-order valence-corrected chi connectivity index (χ3v) is 6.43. The molecular formula is C23H18F3N5O5S. The molecule has 2 aromatic heterocycles. The number of sulfonamides is 1. The predicted octanol–water partition coefficient (Wildman–Crippen LogP) is 4.44. The van der Waals surface area contributed by atoms with Crippen molar-refractivity contribution >= 4 is 33.4 Å². The highest BCUT2D eigenvalue weighted by atomic mass is 32.2. The lowest BCUT2D eigenvalue weighted by atomic mass is 10.0. The number of urea groups is 1. The van der Waals surface area contributed by atoms with E-state index >= 15 is 4.39 Å². The van der Waals surface area contributed by atoms with Crippen molar-refractivity contribution in [3.63, 3.8) is 0 Å². The Morgan fingerprint density at radius 3 is 2.41 bits per heavy atom. The van der Waals surface area contributed by atoms with Gasteiger partial charge >= 0.3 is 6.03 Å². The Labute approximate surface area is 208 Å². The molecule has 0 saturated carbocycles. The summed E-state index contributed by atoms with van der Waals surface area (Å²) in [4.78, 5) is 17.5. The number of benzene rings is 2. The van der Waals surface area contributed by atoms with Crippen LogP contribution in [0.4, 0.5) is 35.3 Å². The number of hydrogen-bond donors (Lipinski definition) is 2. The van der Waals surface area contributed by atoms with Gasteiger partial charge in [-0.2, -0.15) is 0 Å². The van der Waals surface area contributed by atoms with Crippen LogP contribution in [0.15, 0.2) is 70.4 Å². The zero-order valence-electron chi connectivity index (χ0n) is 19.2. The number of nitrogens with one attached hydrogen (secondary N) is 2. The summed E-state index contributed by atoms with van der Waals surface area (Å²) >= 11 is 0. The average molecular weight is 533 g/mol. The van der Waals surface area contributed by atoms with E-state index in [1.807, 2.05) is 0 Å². The number of halogens is 3. The van der Waals surface area contributed by atoms with Gasteiger partial charge in [0.25, 0.3) is 10.0 Å². The summed E-state index contributed by atoms with van der Waals surface area (Å²) in [6.45, 7) is 0. The van der Waals surface area contributed by atoms with Crippen molar-refractivity contribution < 1.29 is 35.6 Å². The van der Waals surface area contributed by atoms with Crippen molar-refractivity contribution in [3.8, 4) is 16.9 Å². The SMILES string of the molecule is CNC(=O)N(c1ccc(S(=O)(=O)Nc2ccon2)cn1)c1cc(F)c(-c2ccc(F)c(F)c2)cc1OC. The van der Waals surface area contributed by atoms with Gasteiger partial charge in [-0.05, 0) is 35.9 Å². The van der Waals surface area contributed by atoms with E-state index in [9.17, 15) is 22.0 Å². The minimum Gasteiger partial charge on any atom is -0.495 e. The molecule has 0 atom stereocenters. The van der Waals surface area contributed by atoms with Crippen LogP contribution in [0.1, 0.15) is 0 Å². The van der Waals surface area contributed by atoms with Crippen LogP contribution in [0, 0.1) is 17.5 Å². The van der Waals surface area contributed by atoms with Crippen molar-refractivity contribution in [1.82, 2.24) is 15.5 Å². The number of nitrogens with zero attached hydrogens (tertiary/aromatic N) is 3. The molecule has 2 amide bonds. The molecule has 0 aliphatic rings. The van der Waals surface area contributed by atoms with Gasteiger partial charge in [0.05, 0.1) is 12.8 Å². The Morgan fingerprint density at radius 1 is 1.03 bits per heavy atom. The first-order valence-electron chi connectivity index (χ1n) is 10.4. The molecule has 37 heavy (non-hydrogen) atoms. The number of methoxy groups -OCH3 is 1. The molecule has 0 aliphatic heterocycles. The molecule has 0 fully saturated rings. The molecule has 0 aliphatic carbocycles. The highest BCUT2D eigenvalue weighted by molar-refractivity contribution is 7.92. The van der Waals surface area contributed by atoms with Gasteiger partial charge in [-0.3, -0.25) is 4.72 Å². The lowest BCUT2D eigenvalue weighted by molar-refractivity contribution is 0.250. The number of carbonyl (C=O) groups excluding carboxylic acids is 1. The maximum Gasteiger partial charge on any atom is 0.327 e. The van der Waals surface area contributed by atoms with Crippen LogP contribution >= 0.6 is 0 Å². The molecule has 192 valence electrons. The largest absolute Gasteiger partial charge is 0.495 e. The van der Waals surface area contributed by atoms with Crippen LogP contribution in [0.2, 0.25) is 0 Å². The number of aromatic nitrogens is 2. The van der Waals surface area contributed by atoms with E-state index in [0.29, 0.717) is 0 Å². The summed E-state index contributed by atoms with van der Waals surface area (Å²) in [7, 11) is -1.48. The van der Waals surface area contributed by atoms with E-state index in [4.69, 9.17) is 4.74 Å². The number of ether oxygens (including phenoxy) is 1. The topological polar surface area (TPSA) is 127 Å². The molecule has 4 rings (SSSR count). The van der Waals surface area contributed by atoms with Gasteiger partial charge in [-0.25, -0.2) is 36.3 Å². The maximum atomic E-state index is 15.2. The van der Waals surface area contributed by atoms with Crippen molar-refractivity contribution in [2.75, 3.05) is 23.8 Å². The van der Waals surface area contributed by atoms with Crippen LogP contribution in [0.3, 0.4) is 0 Å². The molecular weight excluding hydrogens is 515 g/mol. The minimum absolute atomic E-state index is 0.00377. The molecule has 2 aromatic carbocycles. The number of hydrogen-bond acceptors (Lipinski definition) is 7. The summed E-state index contributed by atoms with van der Waals surface area (Å²) in [5.74, 6) is -3.24. The van der Waals surface area contributed by atoms with Crippen LogP contribution in [-0.4, -0.2) is 38.7 Å². The summed E-state index contributed by atoms with van der Waals surface area (Å²) in [5, 5.41) is 5.87. The Hall–Kier alpha value is -4.59. The smallest absolute Gasteiger partial charge is 0.327 e. The lowest BCUT2D eigenvalue weighted by Gasteiger charge is -2.24. The Bertz CT molecular complexity index is 1550. The standard InChI is InChI=1S/C23H18F3N5O5S/c1-27-23(32)31(22-6-4-14(12-28-22)37(33,34)30-21-7-8-36-29-21)19-11-17(25)15(10-20(19)35-2)13-3-5-16(24)18(26)9-13/h3-12H,1-2H3,(H,27,32)(H,29,30). The van der Waals surface area contributed by atoms with Crippen molar-refractivity contribution in [2.45, 2.75) is 4.90 Å². The summed E-state index contributed by atoms with van der Waals surface area (Å²) in [5.41, 5.74) is -0.153. The normalized spacial score (nSPS) is 11.2. The van der Waals surface area contributed by atoms with Gasteiger partial charge in [0.15, 0.2) is 17.5 Å². The third kappa shape index (κ3) is 5.18. The Morgan fingerprint density at radius 2 is 1.81 bits per heavy atom. The lowest BCUT2D eigenvalue weighted by Crippen LogP contribution is -2.35. The minimum atomic E-state index is -4.07. The van der Waals surface area contributed by atoms with Gasteiger partial charge in [-0.1, -0.05) is 11.2 Å². The van der Waals surface area contributed by atoms with Crippen LogP contribution in [-0.2, 0) is 10.0 Å². The second-order valence-corrected chi connectivity index (χ2v) is 9.05. The van der Waals surface area contributed by atoms with Gasteiger partial charge in [0.1, 0.15) is 28.5 Å². The molecule has 0 bridgehead atoms. The van der Waals surface area contributed by atoms with Gasteiger partial charge in [0, 0.05) is 30.9 Å². The fraction of sp³-hybridized carbons (Fsp3) is 0.0870.